The molecule has 6 nitrogen and oxygen atoms in total. The van der Waals surface area contributed by atoms with E-state index in [1.165, 1.54) is 19.2 Å². The first kappa shape index (κ1) is 17.7. The molecule has 0 radical (unpaired) electrons. The normalized spacial score (nSPS) is 13.9. The molecule has 0 saturated carbocycles. The molecule has 1 atom stereocenters. The van der Waals surface area contributed by atoms with Gasteiger partial charge in [-0.3, -0.25) is 9.59 Å². The summed E-state index contributed by atoms with van der Waals surface area (Å²) < 4.78 is 4.66. The average Bonchev–Trinajstić information content (AvgIpc) is 2.44. The van der Waals surface area contributed by atoms with E-state index in [-0.39, 0.29) is 11.1 Å². The summed E-state index contributed by atoms with van der Waals surface area (Å²) in [4.78, 5) is 36.1. The summed E-state index contributed by atoms with van der Waals surface area (Å²) in [7, 11) is 1.24. The van der Waals surface area contributed by atoms with Crippen molar-refractivity contribution in [2.24, 2.45) is 11.1 Å². The largest absolute Gasteiger partial charge is 0.465 e. The maximum atomic E-state index is 12.5. The van der Waals surface area contributed by atoms with E-state index in [1.54, 1.807) is 39.8 Å². The molecule has 6 heteroatoms. The fourth-order valence-corrected chi connectivity index (χ4v) is 1.88. The van der Waals surface area contributed by atoms with E-state index in [1.807, 2.05) is 0 Å². The number of primary amides is 1. The van der Waals surface area contributed by atoms with E-state index in [9.17, 15) is 14.4 Å². The van der Waals surface area contributed by atoms with Crippen LogP contribution in [0.5, 0.6) is 0 Å². The van der Waals surface area contributed by atoms with Crippen molar-refractivity contribution in [3.8, 4) is 0 Å². The van der Waals surface area contributed by atoms with E-state index in [0.29, 0.717) is 0 Å². The molecular weight excluding hydrogens is 284 g/mol. The Kier molecular flexibility index (Phi) is 4.96. The molecule has 0 saturated heterocycles. The molecule has 0 aliphatic heterocycles. The molecule has 1 aromatic rings. The van der Waals surface area contributed by atoms with Gasteiger partial charge in [0.15, 0.2) is 0 Å². The fourth-order valence-electron chi connectivity index (χ4n) is 1.88. The predicted octanol–water partition coefficient (Wildman–Crippen LogP) is 1.49. The first-order valence-electron chi connectivity index (χ1n) is 6.84. The monoisotopic (exact) mass is 306 g/mol. The first-order chi connectivity index (χ1) is 10.0. The van der Waals surface area contributed by atoms with Crippen molar-refractivity contribution in [3.05, 3.63) is 35.4 Å². The van der Waals surface area contributed by atoms with Gasteiger partial charge in [-0.1, -0.05) is 32.9 Å². The molecule has 2 amide bonds. The second-order valence-electron chi connectivity index (χ2n) is 6.23. The molecule has 0 aliphatic carbocycles. The Bertz CT molecular complexity index is 604. The lowest BCUT2D eigenvalue weighted by Crippen LogP contribution is -2.62. The highest BCUT2D eigenvalue weighted by molar-refractivity contribution is 6.07. The minimum absolute atomic E-state index is 0.128. The van der Waals surface area contributed by atoms with Crippen molar-refractivity contribution in [2.75, 3.05) is 7.11 Å². The summed E-state index contributed by atoms with van der Waals surface area (Å²) in [5, 5.41) is 2.65. The highest BCUT2D eigenvalue weighted by Crippen LogP contribution is 2.30. The van der Waals surface area contributed by atoms with E-state index in [2.05, 4.69) is 10.1 Å². The van der Waals surface area contributed by atoms with Gasteiger partial charge in [-0.25, -0.2) is 4.79 Å². The van der Waals surface area contributed by atoms with Gasteiger partial charge in [-0.2, -0.15) is 0 Å². The third-order valence-electron chi connectivity index (χ3n) is 3.93. The number of hydrogen-bond donors (Lipinski definition) is 2. The van der Waals surface area contributed by atoms with Crippen molar-refractivity contribution in [3.63, 3.8) is 0 Å². The van der Waals surface area contributed by atoms with Crippen molar-refractivity contribution in [1.29, 1.82) is 0 Å². The van der Waals surface area contributed by atoms with Crippen LogP contribution >= 0.6 is 0 Å². The highest BCUT2D eigenvalue weighted by Gasteiger charge is 2.44. The van der Waals surface area contributed by atoms with Crippen LogP contribution in [0, 0.1) is 5.41 Å². The maximum absolute atomic E-state index is 12.5. The van der Waals surface area contributed by atoms with Crippen molar-refractivity contribution in [2.45, 2.75) is 33.2 Å². The zero-order valence-electron chi connectivity index (χ0n) is 13.5. The maximum Gasteiger partial charge on any atom is 0.338 e. The number of methoxy groups -OCH3 is 1. The standard InChI is InChI=1S/C16H22N2O4/c1-15(2,3)16(4,14(17)21)18-12(19)10-8-6-7-9-11(10)13(20)22-5/h6-9H,1-5H3,(H2,17,21)(H,18,19). The lowest BCUT2D eigenvalue weighted by molar-refractivity contribution is -0.127. The fraction of sp³-hybridized carbons (Fsp3) is 0.438. The lowest BCUT2D eigenvalue weighted by Gasteiger charge is -2.39. The number of benzene rings is 1. The number of amides is 2. The van der Waals surface area contributed by atoms with E-state index in [0.717, 1.165) is 0 Å². The van der Waals surface area contributed by atoms with Crippen LogP contribution in [0.15, 0.2) is 24.3 Å². The number of nitrogens with one attached hydrogen (secondary N) is 1. The third-order valence-corrected chi connectivity index (χ3v) is 3.93. The van der Waals surface area contributed by atoms with Crippen LogP contribution < -0.4 is 11.1 Å². The SMILES string of the molecule is COC(=O)c1ccccc1C(=O)NC(C)(C(N)=O)C(C)(C)C. The van der Waals surface area contributed by atoms with Crippen LogP contribution in [0.4, 0.5) is 0 Å². The van der Waals surface area contributed by atoms with Gasteiger partial charge in [-0.05, 0) is 24.5 Å². The molecule has 0 aromatic heterocycles. The van der Waals surface area contributed by atoms with Crippen molar-refractivity contribution >= 4 is 17.8 Å². The molecule has 1 unspecified atom stereocenters. The molecule has 22 heavy (non-hydrogen) atoms. The Labute approximate surface area is 130 Å². The van der Waals surface area contributed by atoms with Crippen LogP contribution in [0.2, 0.25) is 0 Å². The predicted molar refractivity (Wildman–Crippen MR) is 82.3 cm³/mol. The Morgan fingerprint density at radius 1 is 1.05 bits per heavy atom. The summed E-state index contributed by atoms with van der Waals surface area (Å²) >= 11 is 0. The molecule has 0 heterocycles. The Balaban J connectivity index is 3.23. The number of carbonyl (C=O) groups excluding carboxylic acids is 3. The molecule has 0 bridgehead atoms. The molecule has 0 fully saturated rings. The smallest absolute Gasteiger partial charge is 0.338 e. The third kappa shape index (κ3) is 3.27. The van der Waals surface area contributed by atoms with Crippen molar-refractivity contribution in [1.82, 2.24) is 5.32 Å². The summed E-state index contributed by atoms with van der Waals surface area (Å²) in [5.41, 5.74) is 3.85. The number of carbonyl (C=O) groups is 3. The number of esters is 1. The average molecular weight is 306 g/mol. The Morgan fingerprint density at radius 3 is 1.95 bits per heavy atom. The first-order valence-corrected chi connectivity index (χ1v) is 6.84. The van der Waals surface area contributed by atoms with Gasteiger partial charge in [0.1, 0.15) is 5.54 Å². The molecule has 1 rings (SSSR count). The molecule has 1 aromatic carbocycles. The second kappa shape index (κ2) is 6.17. The molecule has 120 valence electrons. The van der Waals surface area contributed by atoms with E-state index < -0.39 is 28.7 Å². The van der Waals surface area contributed by atoms with Crippen LogP contribution in [0.25, 0.3) is 0 Å². The number of hydrogen-bond acceptors (Lipinski definition) is 4. The van der Waals surface area contributed by atoms with Gasteiger partial charge in [0.2, 0.25) is 5.91 Å². The van der Waals surface area contributed by atoms with Gasteiger partial charge >= 0.3 is 5.97 Å². The highest BCUT2D eigenvalue weighted by atomic mass is 16.5. The zero-order chi connectivity index (χ0) is 17.1. The van der Waals surface area contributed by atoms with Crippen LogP contribution in [-0.4, -0.2) is 30.4 Å². The topological polar surface area (TPSA) is 98.5 Å². The summed E-state index contributed by atoms with van der Waals surface area (Å²) in [5.74, 6) is -1.83. The molecule has 0 aliphatic rings. The second-order valence-corrected chi connectivity index (χ2v) is 6.23. The van der Waals surface area contributed by atoms with Gasteiger partial charge in [0, 0.05) is 0 Å². The van der Waals surface area contributed by atoms with E-state index >= 15 is 0 Å². The molecule has 0 spiro atoms. The Morgan fingerprint density at radius 2 is 1.55 bits per heavy atom. The van der Waals surface area contributed by atoms with Crippen LogP contribution in [0.1, 0.15) is 48.4 Å². The van der Waals surface area contributed by atoms with Gasteiger partial charge in [0.25, 0.3) is 5.91 Å². The summed E-state index contributed by atoms with van der Waals surface area (Å²) in [6.07, 6.45) is 0. The Hall–Kier alpha value is -2.37. The lowest BCUT2D eigenvalue weighted by atomic mass is 9.74. The molecular formula is C16H22N2O4. The van der Waals surface area contributed by atoms with Crippen LogP contribution in [-0.2, 0) is 9.53 Å². The van der Waals surface area contributed by atoms with Gasteiger partial charge < -0.3 is 15.8 Å². The van der Waals surface area contributed by atoms with Gasteiger partial charge in [-0.15, -0.1) is 0 Å². The number of rotatable bonds is 4. The number of nitrogens with two attached hydrogens (primary N) is 1. The minimum Gasteiger partial charge on any atom is -0.465 e. The van der Waals surface area contributed by atoms with Crippen molar-refractivity contribution < 1.29 is 19.1 Å². The number of ether oxygens (including phenoxy) is 1. The summed E-state index contributed by atoms with van der Waals surface area (Å²) in [6.45, 7) is 6.95. The molecule has 3 N–H and O–H groups in total. The van der Waals surface area contributed by atoms with Crippen LogP contribution in [0.3, 0.4) is 0 Å². The van der Waals surface area contributed by atoms with Gasteiger partial charge in [0.05, 0.1) is 18.2 Å². The summed E-state index contributed by atoms with van der Waals surface area (Å²) in [6, 6.07) is 6.23. The quantitative estimate of drug-likeness (QED) is 0.823. The minimum atomic E-state index is -1.27. The van der Waals surface area contributed by atoms with E-state index in [4.69, 9.17) is 5.73 Å². The zero-order valence-corrected chi connectivity index (χ0v) is 13.5.